The fourth-order valence-electron chi connectivity index (χ4n) is 1.92. The van der Waals surface area contributed by atoms with Gasteiger partial charge in [0.1, 0.15) is 0 Å². The summed E-state index contributed by atoms with van der Waals surface area (Å²) in [4.78, 5) is 0. The summed E-state index contributed by atoms with van der Waals surface area (Å²) in [5.74, 6) is 0. The van der Waals surface area contributed by atoms with Gasteiger partial charge in [-0.3, -0.25) is 0 Å². The van der Waals surface area contributed by atoms with Crippen LogP contribution in [-0.2, 0) is 14.8 Å². The molecule has 2 unspecified atom stereocenters. The molecule has 0 spiro atoms. The van der Waals surface area contributed by atoms with Crippen molar-refractivity contribution < 1.29 is 13.2 Å². The van der Waals surface area contributed by atoms with Crippen molar-refractivity contribution in [1.29, 1.82) is 0 Å². The number of anilines is 1. The number of methoxy groups -OCH3 is 1. The molecule has 1 fully saturated rings. The lowest BCUT2D eigenvalue weighted by Crippen LogP contribution is -2.40. The molecule has 1 aliphatic carbocycles. The zero-order valence-electron chi connectivity index (χ0n) is 9.29. The smallest absolute Gasteiger partial charge is 0.270 e. The Balaban J connectivity index is 2.12. The quantitative estimate of drug-likeness (QED) is 0.800. The number of hydrogen-bond donors (Lipinski definition) is 2. The van der Waals surface area contributed by atoms with Crippen LogP contribution in [0.1, 0.15) is 19.3 Å². The SMILES string of the molecule is COC1CCCC1NS(=O)(=O)c1nnc(N)s1. The largest absolute Gasteiger partial charge is 0.380 e. The normalized spacial score (nSPS) is 25.2. The minimum atomic E-state index is -3.63. The Labute approximate surface area is 103 Å². The van der Waals surface area contributed by atoms with E-state index in [0.717, 1.165) is 30.6 Å². The number of aromatic nitrogens is 2. The molecule has 1 aliphatic rings. The van der Waals surface area contributed by atoms with Crippen LogP contribution >= 0.6 is 11.3 Å². The van der Waals surface area contributed by atoms with E-state index in [-0.39, 0.29) is 21.6 Å². The minimum absolute atomic E-state index is 0.0740. The van der Waals surface area contributed by atoms with Crippen LogP contribution in [0.3, 0.4) is 0 Å². The van der Waals surface area contributed by atoms with Crippen molar-refractivity contribution in [1.82, 2.24) is 14.9 Å². The van der Waals surface area contributed by atoms with E-state index in [1.54, 1.807) is 7.11 Å². The molecule has 3 N–H and O–H groups in total. The van der Waals surface area contributed by atoms with E-state index in [9.17, 15) is 8.42 Å². The third-order valence-electron chi connectivity index (χ3n) is 2.71. The molecule has 0 bridgehead atoms. The highest BCUT2D eigenvalue weighted by Crippen LogP contribution is 2.24. The van der Waals surface area contributed by atoms with E-state index in [4.69, 9.17) is 10.5 Å². The topological polar surface area (TPSA) is 107 Å². The molecule has 0 amide bonds. The van der Waals surface area contributed by atoms with Gasteiger partial charge in [-0.1, -0.05) is 11.3 Å². The van der Waals surface area contributed by atoms with E-state index >= 15 is 0 Å². The van der Waals surface area contributed by atoms with Gasteiger partial charge in [-0.05, 0) is 19.3 Å². The summed E-state index contributed by atoms with van der Waals surface area (Å²) in [6.07, 6.45) is 2.51. The van der Waals surface area contributed by atoms with Gasteiger partial charge in [0.2, 0.25) is 9.47 Å². The Morgan fingerprint density at radius 3 is 2.82 bits per heavy atom. The molecular formula is C8H14N4O3S2. The molecule has 1 heterocycles. The van der Waals surface area contributed by atoms with E-state index in [0.29, 0.717) is 0 Å². The fourth-order valence-corrected chi connectivity index (χ4v) is 4.02. The molecule has 0 aliphatic heterocycles. The Morgan fingerprint density at radius 2 is 2.24 bits per heavy atom. The number of nitrogens with two attached hydrogens (primary N) is 1. The highest BCUT2D eigenvalue weighted by Gasteiger charge is 2.32. The van der Waals surface area contributed by atoms with Gasteiger partial charge < -0.3 is 10.5 Å². The van der Waals surface area contributed by atoms with Crippen molar-refractivity contribution in [2.75, 3.05) is 12.8 Å². The van der Waals surface area contributed by atoms with Gasteiger partial charge in [-0.2, -0.15) is 0 Å². The highest BCUT2D eigenvalue weighted by molar-refractivity contribution is 7.91. The van der Waals surface area contributed by atoms with Crippen LogP contribution in [-0.4, -0.2) is 37.9 Å². The first-order chi connectivity index (χ1) is 8.03. The summed E-state index contributed by atoms with van der Waals surface area (Å²) < 4.78 is 31.6. The van der Waals surface area contributed by atoms with Crippen molar-refractivity contribution in [3.63, 3.8) is 0 Å². The summed E-state index contributed by atoms with van der Waals surface area (Å²) in [7, 11) is -2.05. The number of nitrogens with one attached hydrogen (secondary N) is 1. The fraction of sp³-hybridized carbons (Fsp3) is 0.750. The maximum absolute atomic E-state index is 11.9. The van der Waals surface area contributed by atoms with E-state index in [1.807, 2.05) is 0 Å². The summed E-state index contributed by atoms with van der Waals surface area (Å²) in [5, 5.41) is 7.16. The van der Waals surface area contributed by atoms with Gasteiger partial charge in [0.05, 0.1) is 6.10 Å². The second-order valence-electron chi connectivity index (χ2n) is 3.84. The summed E-state index contributed by atoms with van der Waals surface area (Å²) in [6, 6.07) is -0.199. The molecule has 96 valence electrons. The number of hydrogen-bond acceptors (Lipinski definition) is 7. The van der Waals surface area contributed by atoms with Crippen LogP contribution in [0.25, 0.3) is 0 Å². The average molecular weight is 278 g/mol. The van der Waals surface area contributed by atoms with E-state index < -0.39 is 10.0 Å². The summed E-state index contributed by atoms with van der Waals surface area (Å²) in [5.41, 5.74) is 5.36. The molecule has 2 rings (SSSR count). The Bertz CT molecular complexity index is 487. The lowest BCUT2D eigenvalue weighted by atomic mass is 10.2. The monoisotopic (exact) mass is 278 g/mol. The van der Waals surface area contributed by atoms with Crippen molar-refractivity contribution in [2.24, 2.45) is 0 Å². The average Bonchev–Trinajstić information content (AvgIpc) is 2.86. The van der Waals surface area contributed by atoms with Crippen LogP contribution in [0.15, 0.2) is 4.34 Å². The van der Waals surface area contributed by atoms with Gasteiger partial charge >= 0.3 is 0 Å². The minimum Gasteiger partial charge on any atom is -0.380 e. The van der Waals surface area contributed by atoms with Crippen molar-refractivity contribution in [3.8, 4) is 0 Å². The Morgan fingerprint density at radius 1 is 1.47 bits per heavy atom. The van der Waals surface area contributed by atoms with Gasteiger partial charge in [0, 0.05) is 13.2 Å². The lowest BCUT2D eigenvalue weighted by molar-refractivity contribution is 0.0916. The van der Waals surface area contributed by atoms with Crippen LogP contribution < -0.4 is 10.5 Å². The third kappa shape index (κ3) is 2.73. The number of nitrogen functional groups attached to an aromatic ring is 1. The van der Waals surface area contributed by atoms with Crippen LogP contribution in [0.2, 0.25) is 0 Å². The summed E-state index contributed by atoms with van der Waals surface area (Å²) >= 11 is 0.851. The van der Waals surface area contributed by atoms with Gasteiger partial charge in [0.15, 0.2) is 0 Å². The van der Waals surface area contributed by atoms with Crippen LogP contribution in [0.4, 0.5) is 5.13 Å². The van der Waals surface area contributed by atoms with Crippen molar-refractivity contribution >= 4 is 26.5 Å². The summed E-state index contributed by atoms with van der Waals surface area (Å²) in [6.45, 7) is 0. The first-order valence-electron chi connectivity index (χ1n) is 5.17. The third-order valence-corrected chi connectivity index (χ3v) is 5.32. The van der Waals surface area contributed by atoms with Gasteiger partial charge in [-0.15, -0.1) is 10.2 Å². The first-order valence-corrected chi connectivity index (χ1v) is 7.47. The maximum Gasteiger partial charge on any atom is 0.270 e. The van der Waals surface area contributed by atoms with Crippen LogP contribution in [0, 0.1) is 0 Å². The predicted molar refractivity (Wildman–Crippen MR) is 63.1 cm³/mol. The number of rotatable bonds is 4. The van der Waals surface area contributed by atoms with E-state index in [1.165, 1.54) is 0 Å². The molecular weight excluding hydrogens is 264 g/mol. The van der Waals surface area contributed by atoms with Crippen molar-refractivity contribution in [3.05, 3.63) is 0 Å². The number of sulfonamides is 1. The molecule has 1 saturated carbocycles. The zero-order valence-corrected chi connectivity index (χ0v) is 10.9. The predicted octanol–water partition coefficient (Wildman–Crippen LogP) is -0.0339. The maximum atomic E-state index is 11.9. The molecule has 0 aromatic carbocycles. The first kappa shape index (κ1) is 12.7. The lowest BCUT2D eigenvalue weighted by Gasteiger charge is -2.18. The second kappa shape index (κ2) is 4.84. The molecule has 1 aromatic rings. The number of ether oxygens (including phenoxy) is 1. The van der Waals surface area contributed by atoms with Crippen molar-refractivity contribution in [2.45, 2.75) is 35.7 Å². The van der Waals surface area contributed by atoms with Gasteiger partial charge in [-0.25, -0.2) is 13.1 Å². The zero-order chi connectivity index (χ0) is 12.5. The Kier molecular flexibility index (Phi) is 3.61. The standard InChI is InChI=1S/C8H14N4O3S2/c1-15-6-4-2-3-5(6)12-17(13,14)8-11-10-7(9)16-8/h5-6,12H,2-4H2,1H3,(H2,9,10). The highest BCUT2D eigenvalue weighted by atomic mass is 32.2. The van der Waals surface area contributed by atoms with Gasteiger partial charge in [0.25, 0.3) is 10.0 Å². The molecule has 9 heteroatoms. The van der Waals surface area contributed by atoms with E-state index in [2.05, 4.69) is 14.9 Å². The molecule has 1 aromatic heterocycles. The molecule has 17 heavy (non-hydrogen) atoms. The molecule has 0 radical (unpaired) electrons. The second-order valence-corrected chi connectivity index (χ2v) is 6.74. The number of nitrogens with zero attached hydrogens (tertiary/aromatic N) is 2. The van der Waals surface area contributed by atoms with Crippen LogP contribution in [0.5, 0.6) is 0 Å². The Hall–Kier alpha value is -0.770. The molecule has 0 saturated heterocycles. The molecule has 2 atom stereocenters. The molecule has 7 nitrogen and oxygen atoms in total.